The minimum absolute atomic E-state index is 0.147. The van der Waals surface area contributed by atoms with Gasteiger partial charge in [-0.2, -0.15) is 0 Å². The molecule has 0 aliphatic carbocycles. The molecule has 4 N–H and O–H groups in total. The van der Waals surface area contributed by atoms with E-state index in [4.69, 9.17) is 24.4 Å². The fraction of sp³-hybridized carbons (Fsp3) is 0.0500. The number of nitrogens with zero attached hydrogens (tertiary/aromatic N) is 4. The van der Waals surface area contributed by atoms with Gasteiger partial charge in [-0.05, 0) is 115 Å². The lowest BCUT2D eigenvalue weighted by Crippen LogP contribution is -2.61. The van der Waals surface area contributed by atoms with Crippen molar-refractivity contribution in [2.45, 2.75) is 6.42 Å². The summed E-state index contributed by atoms with van der Waals surface area (Å²) in [6.45, 7) is 0. The Bertz CT molecular complexity index is 2380. The number of phenols is 4. The van der Waals surface area contributed by atoms with Crippen molar-refractivity contribution >= 4 is 87.1 Å². The van der Waals surface area contributed by atoms with Crippen LogP contribution in [0.15, 0.2) is 127 Å². The average Bonchev–Trinajstić information content (AvgIpc) is 3.12. The minimum atomic E-state index is -1.35. The maximum atomic E-state index is 14.4. The highest BCUT2D eigenvalue weighted by molar-refractivity contribution is 7.81. The van der Waals surface area contributed by atoms with Crippen molar-refractivity contribution in [1.82, 2.24) is 0 Å². The van der Waals surface area contributed by atoms with Gasteiger partial charge in [0.25, 0.3) is 11.8 Å². The van der Waals surface area contributed by atoms with Crippen molar-refractivity contribution in [3.8, 4) is 23.0 Å². The molecule has 7 rings (SSSR count). The molecule has 0 saturated carbocycles. The third-order valence-corrected chi connectivity index (χ3v) is 9.41. The van der Waals surface area contributed by atoms with Crippen LogP contribution >= 0.6 is 24.4 Å². The molecule has 2 aliphatic heterocycles. The molecule has 54 heavy (non-hydrogen) atoms. The average molecular weight is 757 g/mol. The van der Waals surface area contributed by atoms with Crippen molar-refractivity contribution in [2.75, 3.05) is 19.6 Å². The monoisotopic (exact) mass is 756 g/mol. The van der Waals surface area contributed by atoms with Crippen LogP contribution in [0.25, 0.3) is 6.08 Å². The van der Waals surface area contributed by atoms with Gasteiger partial charge >= 0.3 is 0 Å². The molecule has 1 atom stereocenters. The number of anilines is 4. The van der Waals surface area contributed by atoms with E-state index in [-0.39, 0.29) is 62.2 Å². The molecule has 14 heteroatoms. The maximum absolute atomic E-state index is 14.4. The van der Waals surface area contributed by atoms with Gasteiger partial charge in [0, 0.05) is 12.1 Å². The molecule has 2 saturated heterocycles. The lowest BCUT2D eigenvalue weighted by Gasteiger charge is -2.40. The lowest BCUT2D eigenvalue weighted by molar-refractivity contribution is -0.132. The van der Waals surface area contributed by atoms with Crippen LogP contribution in [0, 0.1) is 5.92 Å². The van der Waals surface area contributed by atoms with Crippen LogP contribution < -0.4 is 19.6 Å². The molecule has 2 heterocycles. The normalized spacial score (nSPS) is 17.2. The van der Waals surface area contributed by atoms with Gasteiger partial charge in [0.1, 0.15) is 34.5 Å². The second-order valence-electron chi connectivity index (χ2n) is 12.3. The molecule has 0 bridgehead atoms. The Balaban J connectivity index is 1.33. The molecule has 4 amide bonds. The highest BCUT2D eigenvalue weighted by atomic mass is 32.1. The topological polar surface area (TPSA) is 162 Å². The van der Waals surface area contributed by atoms with Gasteiger partial charge in [0.15, 0.2) is 10.2 Å². The van der Waals surface area contributed by atoms with E-state index in [2.05, 4.69) is 0 Å². The molecule has 0 spiro atoms. The van der Waals surface area contributed by atoms with Crippen molar-refractivity contribution in [2.24, 2.45) is 5.92 Å². The number of hydrogen-bond acceptors (Lipinski definition) is 10. The van der Waals surface area contributed by atoms with Gasteiger partial charge < -0.3 is 20.4 Å². The lowest BCUT2D eigenvalue weighted by atomic mass is 9.93. The summed E-state index contributed by atoms with van der Waals surface area (Å²) in [5.41, 5.74) is 1.21. The Kier molecular flexibility index (Phi) is 9.37. The van der Waals surface area contributed by atoms with E-state index >= 15 is 0 Å². The van der Waals surface area contributed by atoms with E-state index in [0.29, 0.717) is 16.9 Å². The van der Waals surface area contributed by atoms with Crippen LogP contribution in [0.2, 0.25) is 0 Å². The van der Waals surface area contributed by atoms with Crippen LogP contribution in [-0.2, 0) is 25.6 Å². The van der Waals surface area contributed by atoms with E-state index in [0.717, 1.165) is 17.0 Å². The van der Waals surface area contributed by atoms with Gasteiger partial charge in [-0.3, -0.25) is 38.8 Å². The molecular formula is C40H28N4O8S2. The predicted molar refractivity (Wildman–Crippen MR) is 209 cm³/mol. The van der Waals surface area contributed by atoms with Gasteiger partial charge in [-0.25, -0.2) is 0 Å². The Morgan fingerprint density at radius 3 is 1.44 bits per heavy atom. The second-order valence-corrected chi connectivity index (χ2v) is 13.1. The Labute approximate surface area is 318 Å². The first-order chi connectivity index (χ1) is 25.9. The number of hydrogen-bond donors (Lipinski definition) is 4. The number of carbonyl (C=O) groups excluding carboxylic acids is 4. The molecule has 12 nitrogen and oxygen atoms in total. The molecule has 268 valence electrons. The number of phenolic OH excluding ortho intramolecular Hbond substituents is 4. The molecular weight excluding hydrogens is 729 g/mol. The highest BCUT2D eigenvalue weighted by Crippen LogP contribution is 2.36. The third-order valence-electron chi connectivity index (χ3n) is 8.68. The molecule has 0 radical (unpaired) electrons. The number of para-hydroxylation sites is 2. The van der Waals surface area contributed by atoms with Gasteiger partial charge in [0.05, 0.1) is 22.7 Å². The summed E-state index contributed by atoms with van der Waals surface area (Å²) in [7, 11) is 0. The molecule has 2 fully saturated rings. The first kappa shape index (κ1) is 35.5. The first-order valence-corrected chi connectivity index (χ1v) is 17.1. The second kappa shape index (κ2) is 14.3. The number of aromatic hydroxyl groups is 4. The SMILES string of the molecule is O=C1/C(=C\c2cc(O)cc(O)c2)C(=O)N(c2cccc(N3C(=O)C(Cc4cc(O)cc(O)c4)C(=O)N(c4ccccc4)C3=S)c2)C(=S)N1c1ccccc1. The number of benzene rings is 5. The van der Waals surface area contributed by atoms with Gasteiger partial charge in [-0.15, -0.1) is 0 Å². The Hall–Kier alpha value is -6.90. The van der Waals surface area contributed by atoms with Crippen LogP contribution in [-0.4, -0.2) is 54.3 Å². The number of carbonyl (C=O) groups is 4. The predicted octanol–water partition coefficient (Wildman–Crippen LogP) is 5.78. The van der Waals surface area contributed by atoms with E-state index in [1.165, 1.54) is 51.1 Å². The van der Waals surface area contributed by atoms with E-state index in [1.54, 1.807) is 78.9 Å². The minimum Gasteiger partial charge on any atom is -0.508 e. The molecule has 2 aliphatic rings. The summed E-state index contributed by atoms with van der Waals surface area (Å²) in [6, 6.07) is 30.5. The van der Waals surface area contributed by atoms with Crippen molar-refractivity contribution in [1.29, 1.82) is 0 Å². The summed E-state index contributed by atoms with van der Waals surface area (Å²) in [5.74, 6) is -5.33. The molecule has 5 aromatic carbocycles. The van der Waals surface area contributed by atoms with Crippen LogP contribution in [0.3, 0.4) is 0 Å². The molecule has 0 aromatic heterocycles. The largest absolute Gasteiger partial charge is 0.508 e. The highest BCUT2D eigenvalue weighted by Gasteiger charge is 2.46. The van der Waals surface area contributed by atoms with Gasteiger partial charge in [0.2, 0.25) is 11.8 Å². The standard InChI is InChI=1S/C40H28N4O8S2/c45-29-14-23(15-30(46)21-29)18-33-35(49)41(25-8-3-1-4-9-25)39(53)43(37(33)51)27-12-7-13-28(20-27)44-38(52)34(19-24-16-31(47)22-32(48)17-24)36(50)42(40(44)54)26-10-5-2-6-11-26/h1-18,20-22,34,45-48H,19H2/b33-18+. The summed E-state index contributed by atoms with van der Waals surface area (Å²) in [5, 5.41) is 40.1. The van der Waals surface area contributed by atoms with Crippen LogP contribution in [0.1, 0.15) is 11.1 Å². The third kappa shape index (κ3) is 6.62. The summed E-state index contributed by atoms with van der Waals surface area (Å²) >= 11 is 11.6. The van der Waals surface area contributed by atoms with E-state index < -0.39 is 29.5 Å². The molecule has 1 unspecified atom stereocenters. The summed E-state index contributed by atoms with van der Waals surface area (Å²) in [4.78, 5) is 61.4. The van der Waals surface area contributed by atoms with Gasteiger partial charge in [-0.1, -0.05) is 42.5 Å². The first-order valence-electron chi connectivity index (χ1n) is 16.3. The summed E-state index contributed by atoms with van der Waals surface area (Å²) < 4.78 is 0. The zero-order chi connectivity index (χ0) is 38.3. The Morgan fingerprint density at radius 2 is 0.907 bits per heavy atom. The number of thiocarbonyl (C=S) groups is 2. The van der Waals surface area contributed by atoms with Crippen molar-refractivity contribution in [3.05, 3.63) is 138 Å². The van der Waals surface area contributed by atoms with Crippen LogP contribution in [0.4, 0.5) is 22.7 Å². The Morgan fingerprint density at radius 1 is 0.500 bits per heavy atom. The zero-order valence-electron chi connectivity index (χ0n) is 27.9. The summed E-state index contributed by atoms with van der Waals surface area (Å²) in [6.07, 6.45) is 1.04. The fourth-order valence-corrected chi connectivity index (χ4v) is 7.11. The zero-order valence-corrected chi connectivity index (χ0v) is 29.6. The maximum Gasteiger partial charge on any atom is 0.270 e. The van der Waals surface area contributed by atoms with E-state index in [1.807, 2.05) is 0 Å². The number of rotatable bonds is 7. The molecule has 5 aromatic rings. The van der Waals surface area contributed by atoms with Crippen molar-refractivity contribution < 1.29 is 39.6 Å². The van der Waals surface area contributed by atoms with Crippen LogP contribution in [0.5, 0.6) is 23.0 Å². The quantitative estimate of drug-likeness (QED) is 0.0694. The number of amides is 4. The van der Waals surface area contributed by atoms with E-state index in [9.17, 15) is 39.6 Å². The van der Waals surface area contributed by atoms with Crippen molar-refractivity contribution in [3.63, 3.8) is 0 Å². The smallest absolute Gasteiger partial charge is 0.270 e. The fourth-order valence-electron chi connectivity index (χ4n) is 6.34.